The minimum atomic E-state index is -0.473. The predicted molar refractivity (Wildman–Crippen MR) is 76.6 cm³/mol. The molecule has 0 aromatic carbocycles. The van der Waals surface area contributed by atoms with Crippen molar-refractivity contribution in [1.82, 2.24) is 10.2 Å². The second kappa shape index (κ2) is 6.37. The first-order chi connectivity index (χ1) is 9.54. The third kappa shape index (κ3) is 3.02. The first kappa shape index (κ1) is 15.0. The highest BCUT2D eigenvalue weighted by atomic mass is 16.6. The number of nitro groups is 1. The molecule has 1 aliphatic rings. The Morgan fingerprint density at radius 3 is 2.85 bits per heavy atom. The van der Waals surface area contributed by atoms with Gasteiger partial charge in [0.1, 0.15) is 10.7 Å². The molecule has 2 unspecified atom stereocenters. The van der Waals surface area contributed by atoms with Crippen molar-refractivity contribution in [3.63, 3.8) is 0 Å². The van der Waals surface area contributed by atoms with Crippen LogP contribution < -0.4 is 5.32 Å². The zero-order valence-corrected chi connectivity index (χ0v) is 12.3. The van der Waals surface area contributed by atoms with Crippen LogP contribution in [-0.4, -0.2) is 36.0 Å². The fourth-order valence-corrected chi connectivity index (χ4v) is 3.15. The van der Waals surface area contributed by atoms with Crippen LogP contribution in [0.4, 0.5) is 5.88 Å². The Hall–Kier alpha value is -1.40. The lowest BCUT2D eigenvalue weighted by atomic mass is 9.86. The highest BCUT2D eigenvalue weighted by Crippen LogP contribution is 2.38. The molecule has 2 atom stereocenters. The van der Waals surface area contributed by atoms with E-state index in [4.69, 9.17) is 4.42 Å². The standard InChI is InChI=1S/C14H23N3O3/c1-10(2)16-8-4-5-11(9-15-3)14(16)12-6-7-13(20-12)17(18)19/h6-7,10-11,14-15H,4-5,8-9H2,1-3H3. The summed E-state index contributed by atoms with van der Waals surface area (Å²) in [5.74, 6) is 0.963. The molecule has 1 aromatic heterocycles. The second-order valence-electron chi connectivity index (χ2n) is 5.67. The van der Waals surface area contributed by atoms with E-state index in [2.05, 4.69) is 24.1 Å². The van der Waals surface area contributed by atoms with Crippen LogP contribution in [0.1, 0.15) is 38.5 Å². The molecule has 2 heterocycles. The first-order valence-corrected chi connectivity index (χ1v) is 7.19. The van der Waals surface area contributed by atoms with Gasteiger partial charge in [0.2, 0.25) is 0 Å². The van der Waals surface area contributed by atoms with Crippen molar-refractivity contribution in [2.24, 2.45) is 5.92 Å². The van der Waals surface area contributed by atoms with Crippen LogP contribution in [0.5, 0.6) is 0 Å². The average Bonchev–Trinajstić information content (AvgIpc) is 2.88. The predicted octanol–water partition coefficient (Wildman–Crippen LogP) is 2.57. The number of hydrogen-bond acceptors (Lipinski definition) is 5. The molecule has 0 aliphatic carbocycles. The number of furan rings is 1. The van der Waals surface area contributed by atoms with Gasteiger partial charge in [-0.15, -0.1) is 0 Å². The lowest BCUT2D eigenvalue weighted by Crippen LogP contribution is -2.45. The Balaban J connectivity index is 2.30. The van der Waals surface area contributed by atoms with E-state index in [1.54, 1.807) is 6.07 Å². The van der Waals surface area contributed by atoms with Crippen LogP contribution in [0, 0.1) is 16.0 Å². The first-order valence-electron chi connectivity index (χ1n) is 7.19. The number of nitrogens with zero attached hydrogens (tertiary/aromatic N) is 2. The number of hydrogen-bond donors (Lipinski definition) is 1. The lowest BCUT2D eigenvalue weighted by Gasteiger charge is -2.42. The zero-order chi connectivity index (χ0) is 14.7. The Labute approximate surface area is 119 Å². The summed E-state index contributed by atoms with van der Waals surface area (Å²) in [6, 6.07) is 3.72. The van der Waals surface area contributed by atoms with Gasteiger partial charge < -0.3 is 9.73 Å². The van der Waals surface area contributed by atoms with Crippen molar-refractivity contribution in [3.05, 3.63) is 28.0 Å². The van der Waals surface area contributed by atoms with Gasteiger partial charge in [-0.05, 0) is 58.8 Å². The van der Waals surface area contributed by atoms with Crippen LogP contribution in [0.25, 0.3) is 0 Å². The molecule has 0 spiro atoms. The number of nitrogens with one attached hydrogen (secondary N) is 1. The molecule has 1 N–H and O–H groups in total. The monoisotopic (exact) mass is 281 g/mol. The molecular weight excluding hydrogens is 258 g/mol. The molecule has 1 aliphatic heterocycles. The number of piperidine rings is 1. The van der Waals surface area contributed by atoms with E-state index >= 15 is 0 Å². The summed E-state index contributed by atoms with van der Waals surface area (Å²) >= 11 is 0. The number of likely N-dealkylation sites (tertiary alicyclic amines) is 1. The van der Waals surface area contributed by atoms with Crippen molar-refractivity contribution in [3.8, 4) is 0 Å². The minimum Gasteiger partial charge on any atom is -0.404 e. The van der Waals surface area contributed by atoms with Crippen LogP contribution in [-0.2, 0) is 0 Å². The summed E-state index contributed by atoms with van der Waals surface area (Å²) in [5.41, 5.74) is 0. The smallest absolute Gasteiger partial charge is 0.404 e. The van der Waals surface area contributed by atoms with Crippen molar-refractivity contribution in [2.75, 3.05) is 20.1 Å². The van der Waals surface area contributed by atoms with E-state index in [0.717, 1.165) is 25.9 Å². The molecule has 0 bridgehead atoms. The van der Waals surface area contributed by atoms with Crippen molar-refractivity contribution >= 4 is 5.88 Å². The summed E-state index contributed by atoms with van der Waals surface area (Å²) in [7, 11) is 1.94. The maximum Gasteiger partial charge on any atom is 0.433 e. The fourth-order valence-electron chi connectivity index (χ4n) is 3.15. The molecule has 0 radical (unpaired) electrons. The van der Waals surface area contributed by atoms with Gasteiger partial charge in [0.25, 0.3) is 0 Å². The average molecular weight is 281 g/mol. The van der Waals surface area contributed by atoms with Gasteiger partial charge in [0, 0.05) is 6.04 Å². The van der Waals surface area contributed by atoms with E-state index in [0.29, 0.717) is 17.7 Å². The van der Waals surface area contributed by atoms with Crippen molar-refractivity contribution in [2.45, 2.75) is 38.8 Å². The summed E-state index contributed by atoms with van der Waals surface area (Å²) in [5, 5.41) is 14.0. The van der Waals surface area contributed by atoms with E-state index in [1.807, 2.05) is 7.05 Å². The molecule has 0 saturated carbocycles. The van der Waals surface area contributed by atoms with E-state index < -0.39 is 4.92 Å². The molecule has 0 amide bonds. The third-order valence-electron chi connectivity index (χ3n) is 4.01. The summed E-state index contributed by atoms with van der Waals surface area (Å²) in [6.07, 6.45) is 2.27. The van der Waals surface area contributed by atoms with Gasteiger partial charge in [-0.2, -0.15) is 0 Å². The molecule has 1 aromatic rings. The molecule has 1 fully saturated rings. The van der Waals surface area contributed by atoms with E-state index in [1.165, 1.54) is 6.07 Å². The second-order valence-corrected chi connectivity index (χ2v) is 5.67. The molecular formula is C14H23N3O3. The summed E-state index contributed by atoms with van der Waals surface area (Å²) in [6.45, 7) is 6.22. The van der Waals surface area contributed by atoms with Crippen molar-refractivity contribution < 1.29 is 9.34 Å². The van der Waals surface area contributed by atoms with Crippen LogP contribution in [0.3, 0.4) is 0 Å². The van der Waals surface area contributed by atoms with Gasteiger partial charge in [-0.25, -0.2) is 0 Å². The highest BCUT2D eigenvalue weighted by molar-refractivity contribution is 5.21. The van der Waals surface area contributed by atoms with Crippen molar-refractivity contribution in [1.29, 1.82) is 0 Å². The summed E-state index contributed by atoms with van der Waals surface area (Å²) < 4.78 is 5.47. The quantitative estimate of drug-likeness (QED) is 0.663. The lowest BCUT2D eigenvalue weighted by molar-refractivity contribution is -0.402. The van der Waals surface area contributed by atoms with Gasteiger partial charge in [0.15, 0.2) is 0 Å². The SMILES string of the molecule is CNCC1CCCN(C(C)C)C1c1ccc([N+](=O)[O-])o1. The summed E-state index contributed by atoms with van der Waals surface area (Å²) in [4.78, 5) is 12.7. The Bertz CT molecular complexity index is 456. The fraction of sp³-hybridized carbons (Fsp3) is 0.714. The normalized spacial score (nSPS) is 24.2. The number of rotatable bonds is 5. The Morgan fingerprint density at radius 2 is 2.30 bits per heavy atom. The third-order valence-corrected chi connectivity index (χ3v) is 4.01. The molecule has 6 nitrogen and oxygen atoms in total. The Morgan fingerprint density at radius 1 is 1.55 bits per heavy atom. The van der Waals surface area contributed by atoms with Crippen LogP contribution in [0.2, 0.25) is 0 Å². The van der Waals surface area contributed by atoms with E-state index in [9.17, 15) is 10.1 Å². The van der Waals surface area contributed by atoms with Gasteiger partial charge in [-0.1, -0.05) is 0 Å². The van der Waals surface area contributed by atoms with Crippen LogP contribution >= 0.6 is 0 Å². The molecule has 6 heteroatoms. The Kier molecular flexibility index (Phi) is 4.77. The molecule has 1 saturated heterocycles. The van der Waals surface area contributed by atoms with Crippen LogP contribution in [0.15, 0.2) is 16.5 Å². The molecule has 2 rings (SSSR count). The maximum absolute atomic E-state index is 10.8. The maximum atomic E-state index is 10.8. The van der Waals surface area contributed by atoms with Gasteiger partial charge in [-0.3, -0.25) is 15.0 Å². The topological polar surface area (TPSA) is 71.5 Å². The highest BCUT2D eigenvalue weighted by Gasteiger charge is 2.36. The van der Waals surface area contributed by atoms with E-state index in [-0.39, 0.29) is 11.9 Å². The molecule has 112 valence electrons. The zero-order valence-electron chi connectivity index (χ0n) is 12.3. The van der Waals surface area contributed by atoms with Gasteiger partial charge >= 0.3 is 5.88 Å². The largest absolute Gasteiger partial charge is 0.433 e. The molecule has 20 heavy (non-hydrogen) atoms. The van der Waals surface area contributed by atoms with Gasteiger partial charge in [0.05, 0.1) is 12.1 Å². The minimum absolute atomic E-state index is 0.116.